The Kier molecular flexibility index (Phi) is 10.0. The molecule has 170 valence electrons. The summed E-state index contributed by atoms with van der Waals surface area (Å²) in [5.41, 5.74) is 1.95. The molecule has 3 rings (SSSR count). The number of rotatable bonds is 8. The molecule has 0 atom stereocenters. The molecule has 0 radical (unpaired) electrons. The first kappa shape index (κ1) is 24.9. The molecule has 2 aromatic rings. The number of aryl methyl sites for hydroxylation is 1. The summed E-state index contributed by atoms with van der Waals surface area (Å²) in [5, 5.41) is 7.47. The molecule has 1 fully saturated rings. The van der Waals surface area contributed by atoms with Gasteiger partial charge in [0.05, 0.1) is 25.6 Å². The number of methoxy groups -OCH3 is 1. The number of carbonyl (C=O) groups is 1. The van der Waals surface area contributed by atoms with Gasteiger partial charge >= 0.3 is 0 Å². The van der Waals surface area contributed by atoms with Crippen LogP contribution in [0.2, 0.25) is 0 Å². The number of anilines is 1. The maximum absolute atomic E-state index is 12.6. The van der Waals surface area contributed by atoms with Crippen LogP contribution in [0, 0.1) is 0 Å². The lowest BCUT2D eigenvalue weighted by molar-refractivity contribution is -0.120. The van der Waals surface area contributed by atoms with Crippen LogP contribution in [-0.2, 0) is 23.2 Å². The summed E-state index contributed by atoms with van der Waals surface area (Å²) in [6.07, 6.45) is 4.41. The van der Waals surface area contributed by atoms with Crippen molar-refractivity contribution in [2.45, 2.75) is 13.0 Å². The zero-order chi connectivity index (χ0) is 21.3. The summed E-state index contributed by atoms with van der Waals surface area (Å²) < 4.78 is 12.6. The second kappa shape index (κ2) is 12.5. The Labute approximate surface area is 200 Å². The lowest BCUT2D eigenvalue weighted by atomic mass is 10.2. The molecule has 10 heteroatoms. The summed E-state index contributed by atoms with van der Waals surface area (Å²) in [6.45, 7) is 3.56. The first-order valence-corrected chi connectivity index (χ1v) is 10.1. The molecule has 0 unspecified atom stereocenters. The number of aliphatic imine (C=N–C) groups is 1. The number of carbonyl (C=O) groups excluding carboxylic acids is 1. The van der Waals surface area contributed by atoms with Crippen molar-refractivity contribution in [1.82, 2.24) is 20.0 Å². The van der Waals surface area contributed by atoms with E-state index < -0.39 is 0 Å². The van der Waals surface area contributed by atoms with Gasteiger partial charge < -0.3 is 24.6 Å². The van der Waals surface area contributed by atoms with E-state index in [1.165, 1.54) is 0 Å². The standard InChI is InChI=1S/C21H30N6O3.HI/c1-22-21(23-9-4-12-30-16-17-5-7-19(29-3)8-6-17)26-10-11-27(20(28)15-26)18-13-24-25(2)14-18;/h5-8,13-14H,4,9-12,15-16H2,1-3H3,(H,22,23);1H. The van der Waals surface area contributed by atoms with Crippen LogP contribution in [0.25, 0.3) is 0 Å². The third kappa shape index (κ3) is 7.10. The van der Waals surface area contributed by atoms with Crippen LogP contribution >= 0.6 is 24.0 Å². The number of nitrogens with zero attached hydrogens (tertiary/aromatic N) is 5. The summed E-state index contributed by atoms with van der Waals surface area (Å²) in [5.74, 6) is 1.62. The van der Waals surface area contributed by atoms with E-state index in [1.54, 1.807) is 29.9 Å². The van der Waals surface area contributed by atoms with Crippen LogP contribution in [0.5, 0.6) is 5.75 Å². The smallest absolute Gasteiger partial charge is 0.246 e. The van der Waals surface area contributed by atoms with Gasteiger partial charge in [-0.1, -0.05) is 12.1 Å². The van der Waals surface area contributed by atoms with Crippen molar-refractivity contribution in [3.8, 4) is 5.75 Å². The minimum Gasteiger partial charge on any atom is -0.497 e. The molecule has 2 heterocycles. The van der Waals surface area contributed by atoms with Crippen molar-refractivity contribution < 1.29 is 14.3 Å². The third-order valence-electron chi connectivity index (χ3n) is 4.91. The summed E-state index contributed by atoms with van der Waals surface area (Å²) in [7, 11) is 5.24. The van der Waals surface area contributed by atoms with Gasteiger partial charge in [-0.2, -0.15) is 5.10 Å². The van der Waals surface area contributed by atoms with Gasteiger partial charge in [-0.05, 0) is 24.1 Å². The lowest BCUT2D eigenvalue weighted by Gasteiger charge is -2.35. The predicted octanol–water partition coefficient (Wildman–Crippen LogP) is 1.88. The first-order valence-electron chi connectivity index (χ1n) is 10.1. The summed E-state index contributed by atoms with van der Waals surface area (Å²) in [4.78, 5) is 20.6. The average molecular weight is 542 g/mol. The Morgan fingerprint density at radius 3 is 2.65 bits per heavy atom. The molecule has 0 aliphatic carbocycles. The number of piperazine rings is 1. The molecule has 1 amide bonds. The van der Waals surface area contributed by atoms with Gasteiger partial charge in [0.25, 0.3) is 0 Å². The molecule has 1 aromatic heterocycles. The fraction of sp³-hybridized carbons (Fsp3) is 0.476. The molecule has 0 saturated carbocycles. The van der Waals surface area contributed by atoms with Crippen LogP contribution in [0.1, 0.15) is 12.0 Å². The minimum absolute atomic E-state index is 0. The topological polar surface area (TPSA) is 84.2 Å². The molecule has 1 saturated heterocycles. The lowest BCUT2D eigenvalue weighted by Crippen LogP contribution is -2.55. The number of guanidine groups is 1. The number of halogens is 1. The molecule has 1 N–H and O–H groups in total. The van der Waals surface area contributed by atoms with E-state index in [-0.39, 0.29) is 29.9 Å². The zero-order valence-electron chi connectivity index (χ0n) is 18.3. The Balaban J connectivity index is 0.00000341. The van der Waals surface area contributed by atoms with Crippen LogP contribution in [-0.4, -0.2) is 73.5 Å². The van der Waals surface area contributed by atoms with E-state index in [9.17, 15) is 4.79 Å². The van der Waals surface area contributed by atoms with Crippen molar-refractivity contribution in [2.75, 3.05) is 51.8 Å². The van der Waals surface area contributed by atoms with Crippen LogP contribution in [0.3, 0.4) is 0 Å². The monoisotopic (exact) mass is 542 g/mol. The van der Waals surface area contributed by atoms with E-state index in [0.717, 1.165) is 35.9 Å². The highest BCUT2D eigenvalue weighted by atomic mass is 127. The predicted molar refractivity (Wildman–Crippen MR) is 131 cm³/mol. The zero-order valence-corrected chi connectivity index (χ0v) is 20.6. The SMILES string of the molecule is CN=C(NCCCOCc1ccc(OC)cc1)N1CCN(c2cnn(C)c2)C(=O)C1.I. The number of amides is 1. The number of nitrogens with one attached hydrogen (secondary N) is 1. The van der Waals surface area contributed by atoms with E-state index in [1.807, 2.05) is 42.4 Å². The molecular formula is C21H31IN6O3. The van der Waals surface area contributed by atoms with Crippen molar-refractivity contribution in [3.05, 3.63) is 42.2 Å². The van der Waals surface area contributed by atoms with Gasteiger partial charge in [0.2, 0.25) is 5.91 Å². The Morgan fingerprint density at radius 2 is 2.03 bits per heavy atom. The quantitative estimate of drug-likeness (QED) is 0.238. The molecule has 1 aromatic carbocycles. The van der Waals surface area contributed by atoms with Crippen LogP contribution in [0.4, 0.5) is 5.69 Å². The van der Waals surface area contributed by atoms with E-state index in [0.29, 0.717) is 32.8 Å². The van der Waals surface area contributed by atoms with Gasteiger partial charge in [0.1, 0.15) is 12.3 Å². The molecule has 0 bridgehead atoms. The number of ether oxygens (including phenoxy) is 2. The maximum Gasteiger partial charge on any atom is 0.246 e. The maximum atomic E-state index is 12.6. The van der Waals surface area contributed by atoms with E-state index in [4.69, 9.17) is 9.47 Å². The Morgan fingerprint density at radius 1 is 1.26 bits per heavy atom. The van der Waals surface area contributed by atoms with Crippen LogP contribution in [0.15, 0.2) is 41.7 Å². The van der Waals surface area contributed by atoms with Gasteiger partial charge in [-0.3, -0.25) is 14.5 Å². The highest BCUT2D eigenvalue weighted by molar-refractivity contribution is 14.0. The highest BCUT2D eigenvalue weighted by Crippen LogP contribution is 2.16. The normalized spacial score (nSPS) is 14.4. The number of hydrogen-bond donors (Lipinski definition) is 1. The minimum atomic E-state index is 0. The number of hydrogen-bond acceptors (Lipinski definition) is 5. The summed E-state index contributed by atoms with van der Waals surface area (Å²) in [6, 6.07) is 7.86. The van der Waals surface area contributed by atoms with Gasteiger partial charge in [-0.15, -0.1) is 24.0 Å². The van der Waals surface area contributed by atoms with Crippen molar-refractivity contribution in [2.24, 2.45) is 12.0 Å². The number of aromatic nitrogens is 2. The largest absolute Gasteiger partial charge is 0.497 e. The molecule has 0 spiro atoms. The number of benzene rings is 1. The molecule has 1 aliphatic rings. The van der Waals surface area contributed by atoms with Gasteiger partial charge in [0.15, 0.2) is 5.96 Å². The van der Waals surface area contributed by atoms with Crippen molar-refractivity contribution >= 4 is 41.5 Å². The van der Waals surface area contributed by atoms with E-state index in [2.05, 4.69) is 15.4 Å². The van der Waals surface area contributed by atoms with Crippen LogP contribution < -0.4 is 15.0 Å². The molecule has 1 aliphatic heterocycles. The van der Waals surface area contributed by atoms with Crippen molar-refractivity contribution in [3.63, 3.8) is 0 Å². The third-order valence-corrected chi connectivity index (χ3v) is 4.91. The van der Waals surface area contributed by atoms with Gasteiger partial charge in [-0.25, -0.2) is 0 Å². The van der Waals surface area contributed by atoms with Gasteiger partial charge in [0, 0.05) is 46.5 Å². The second-order valence-electron chi connectivity index (χ2n) is 7.07. The first-order chi connectivity index (χ1) is 14.6. The van der Waals surface area contributed by atoms with Crippen molar-refractivity contribution in [1.29, 1.82) is 0 Å². The Hall–Kier alpha value is -2.34. The average Bonchev–Trinajstić information content (AvgIpc) is 3.19. The highest BCUT2D eigenvalue weighted by Gasteiger charge is 2.27. The molecule has 9 nitrogen and oxygen atoms in total. The fourth-order valence-electron chi connectivity index (χ4n) is 3.29. The molecule has 31 heavy (non-hydrogen) atoms. The van der Waals surface area contributed by atoms with E-state index >= 15 is 0 Å². The second-order valence-corrected chi connectivity index (χ2v) is 7.07. The fourth-order valence-corrected chi connectivity index (χ4v) is 3.29. The Bertz CT molecular complexity index is 855. The summed E-state index contributed by atoms with van der Waals surface area (Å²) >= 11 is 0. The molecular weight excluding hydrogens is 511 g/mol.